The molecule has 1 aromatic carbocycles. The van der Waals surface area contributed by atoms with Crippen molar-refractivity contribution >= 4 is 29.5 Å². The average Bonchev–Trinajstić information content (AvgIpc) is 3.00. The molecular weight excluding hydrogens is 420 g/mol. The van der Waals surface area contributed by atoms with Gasteiger partial charge < -0.3 is 30.0 Å². The molecule has 3 N–H and O–H groups in total. The van der Waals surface area contributed by atoms with Gasteiger partial charge in [-0.15, -0.1) is 0 Å². The lowest BCUT2D eigenvalue weighted by atomic mass is 9.67. The molecule has 0 saturated carbocycles. The molecule has 1 atom stereocenters. The molecule has 1 spiro atoms. The van der Waals surface area contributed by atoms with E-state index in [-0.39, 0.29) is 42.3 Å². The molecule has 0 unspecified atom stereocenters. The van der Waals surface area contributed by atoms with E-state index in [0.717, 1.165) is 0 Å². The first-order valence-electron chi connectivity index (χ1n) is 10.1. The van der Waals surface area contributed by atoms with E-state index in [0.29, 0.717) is 5.69 Å². The van der Waals surface area contributed by atoms with Crippen LogP contribution in [-0.2, 0) is 43.5 Å². The van der Waals surface area contributed by atoms with E-state index in [9.17, 15) is 19.2 Å². The van der Waals surface area contributed by atoms with Crippen molar-refractivity contribution < 1.29 is 38.1 Å². The lowest BCUT2D eigenvalue weighted by molar-refractivity contribution is -0.143. The highest BCUT2D eigenvalue weighted by molar-refractivity contribution is 6.21. The fourth-order valence-corrected chi connectivity index (χ4v) is 3.90. The maximum Gasteiger partial charge on any atom is 0.341 e. The van der Waals surface area contributed by atoms with E-state index >= 15 is 0 Å². The zero-order valence-corrected chi connectivity index (χ0v) is 18.0. The molecule has 2 aliphatic heterocycles. The number of anilines is 1. The number of carbonyl (C=O) groups is 4. The van der Waals surface area contributed by atoms with Crippen LogP contribution in [0.3, 0.4) is 0 Å². The number of ether oxygens (including phenoxy) is 4. The molecule has 10 heteroatoms. The lowest BCUT2D eigenvalue weighted by Crippen LogP contribution is -2.49. The Morgan fingerprint density at radius 3 is 2.19 bits per heavy atom. The van der Waals surface area contributed by atoms with Gasteiger partial charge in [-0.25, -0.2) is 9.59 Å². The minimum Gasteiger partial charge on any atom is -0.466 e. The summed E-state index contributed by atoms with van der Waals surface area (Å²) >= 11 is 0. The minimum absolute atomic E-state index is 0.0108. The molecule has 32 heavy (non-hydrogen) atoms. The van der Waals surface area contributed by atoms with Crippen LogP contribution in [0.2, 0.25) is 0 Å². The van der Waals surface area contributed by atoms with E-state index in [1.165, 1.54) is 0 Å². The summed E-state index contributed by atoms with van der Waals surface area (Å²) in [5, 5.41) is 2.68. The SMILES string of the molecule is CCOC(=O)CC1=C(C(=O)OCC)[C@@]2(C(=O)Nc3ccccc32)C(C(=O)OCC)=C(N)O1. The molecule has 2 heterocycles. The third kappa shape index (κ3) is 3.57. The topological polar surface area (TPSA) is 143 Å². The summed E-state index contributed by atoms with van der Waals surface area (Å²) in [6, 6.07) is 6.52. The maximum absolute atomic E-state index is 13.5. The second-order valence-corrected chi connectivity index (χ2v) is 6.81. The Hall–Kier alpha value is -3.82. The van der Waals surface area contributed by atoms with Crippen molar-refractivity contribution in [3.63, 3.8) is 0 Å². The number of rotatable bonds is 7. The Bertz CT molecular complexity index is 1040. The van der Waals surface area contributed by atoms with Gasteiger partial charge >= 0.3 is 17.9 Å². The number of hydrogen-bond donors (Lipinski definition) is 2. The summed E-state index contributed by atoms with van der Waals surface area (Å²) in [6.07, 6.45) is -0.504. The van der Waals surface area contributed by atoms with Crippen LogP contribution < -0.4 is 11.1 Å². The summed E-state index contributed by atoms with van der Waals surface area (Å²) in [4.78, 5) is 52.0. The van der Waals surface area contributed by atoms with Crippen LogP contribution in [0.25, 0.3) is 0 Å². The minimum atomic E-state index is -2.03. The molecule has 1 amide bonds. The highest BCUT2D eigenvalue weighted by Gasteiger charge is 2.62. The van der Waals surface area contributed by atoms with Crippen molar-refractivity contribution in [3.8, 4) is 0 Å². The van der Waals surface area contributed by atoms with Crippen LogP contribution in [0, 0.1) is 0 Å². The maximum atomic E-state index is 13.5. The number of amides is 1. The number of esters is 3. The zero-order chi connectivity index (χ0) is 23.5. The number of nitrogens with one attached hydrogen (secondary N) is 1. The molecule has 0 aromatic heterocycles. The lowest BCUT2D eigenvalue weighted by Gasteiger charge is -2.36. The molecular formula is C22H24N2O8. The van der Waals surface area contributed by atoms with Gasteiger partial charge in [0.25, 0.3) is 0 Å². The van der Waals surface area contributed by atoms with Crippen molar-refractivity contribution in [1.82, 2.24) is 0 Å². The Labute approximate surface area is 184 Å². The molecule has 170 valence electrons. The normalized spacial score (nSPS) is 19.3. The predicted octanol–water partition coefficient (Wildman–Crippen LogP) is 1.41. The fraction of sp³-hybridized carbons (Fsp3) is 0.364. The third-order valence-corrected chi connectivity index (χ3v) is 5.00. The highest BCUT2D eigenvalue weighted by Crippen LogP contribution is 2.52. The number of carbonyl (C=O) groups excluding carboxylic acids is 4. The first-order valence-corrected chi connectivity index (χ1v) is 10.1. The van der Waals surface area contributed by atoms with Crippen LogP contribution in [0.1, 0.15) is 32.8 Å². The number of para-hydroxylation sites is 1. The van der Waals surface area contributed by atoms with Crippen molar-refractivity contribution in [2.24, 2.45) is 5.73 Å². The van der Waals surface area contributed by atoms with Gasteiger partial charge in [-0.05, 0) is 26.8 Å². The van der Waals surface area contributed by atoms with Gasteiger partial charge in [0.1, 0.15) is 28.7 Å². The summed E-state index contributed by atoms with van der Waals surface area (Å²) in [5.41, 5.74) is 4.03. The van der Waals surface area contributed by atoms with Crippen LogP contribution in [0.5, 0.6) is 0 Å². The van der Waals surface area contributed by atoms with E-state index < -0.39 is 41.5 Å². The molecule has 10 nitrogen and oxygen atoms in total. The first kappa shape index (κ1) is 22.9. The summed E-state index contributed by atoms with van der Waals surface area (Å²) < 4.78 is 20.9. The van der Waals surface area contributed by atoms with E-state index in [4.69, 9.17) is 24.7 Å². The molecule has 1 aromatic rings. The van der Waals surface area contributed by atoms with Crippen LogP contribution in [0.15, 0.2) is 47.1 Å². The average molecular weight is 444 g/mol. The van der Waals surface area contributed by atoms with Gasteiger partial charge in [0.15, 0.2) is 0 Å². The van der Waals surface area contributed by atoms with Gasteiger partial charge in [0.2, 0.25) is 11.8 Å². The molecule has 0 radical (unpaired) electrons. The smallest absolute Gasteiger partial charge is 0.341 e. The Morgan fingerprint density at radius 1 is 0.969 bits per heavy atom. The van der Waals surface area contributed by atoms with Gasteiger partial charge in [-0.3, -0.25) is 9.59 Å². The summed E-state index contributed by atoms with van der Waals surface area (Å²) in [7, 11) is 0. The van der Waals surface area contributed by atoms with E-state index in [1.807, 2.05) is 0 Å². The summed E-state index contributed by atoms with van der Waals surface area (Å²) in [5.74, 6) is -4.00. The van der Waals surface area contributed by atoms with Crippen molar-refractivity contribution in [2.75, 3.05) is 25.1 Å². The molecule has 0 saturated heterocycles. The highest BCUT2D eigenvalue weighted by atomic mass is 16.6. The van der Waals surface area contributed by atoms with Crippen molar-refractivity contribution in [1.29, 1.82) is 0 Å². The van der Waals surface area contributed by atoms with Crippen molar-refractivity contribution in [3.05, 3.63) is 52.6 Å². The molecule has 0 fully saturated rings. The molecule has 0 aliphatic carbocycles. The molecule has 2 aliphatic rings. The van der Waals surface area contributed by atoms with Gasteiger partial charge in [-0.1, -0.05) is 18.2 Å². The number of nitrogens with two attached hydrogens (primary N) is 1. The third-order valence-electron chi connectivity index (χ3n) is 5.00. The number of benzene rings is 1. The second kappa shape index (κ2) is 9.13. The zero-order valence-electron chi connectivity index (χ0n) is 18.0. The summed E-state index contributed by atoms with van der Waals surface area (Å²) in [6.45, 7) is 4.84. The monoisotopic (exact) mass is 444 g/mol. The standard InChI is InChI=1S/C22H24N2O8/c1-4-29-15(25)11-14-16(19(26)30-5-2)22(17(18(23)32-14)20(27)31-6-3)12-9-7-8-10-13(12)24-21(22)28/h7-10H,4-6,11,23H2,1-3H3,(H,24,28)/t22-/m1/s1. The van der Waals surface area contributed by atoms with Gasteiger partial charge in [0, 0.05) is 11.3 Å². The Balaban J connectivity index is 2.37. The van der Waals surface area contributed by atoms with Gasteiger partial charge in [0.05, 0.1) is 19.8 Å². The molecule has 3 rings (SSSR count). The van der Waals surface area contributed by atoms with Gasteiger partial charge in [-0.2, -0.15) is 0 Å². The molecule has 0 bridgehead atoms. The van der Waals surface area contributed by atoms with Crippen LogP contribution in [0.4, 0.5) is 5.69 Å². The first-order chi connectivity index (χ1) is 15.3. The second-order valence-electron chi connectivity index (χ2n) is 6.81. The largest absolute Gasteiger partial charge is 0.466 e. The van der Waals surface area contributed by atoms with Crippen LogP contribution >= 0.6 is 0 Å². The van der Waals surface area contributed by atoms with E-state index in [1.54, 1.807) is 45.0 Å². The van der Waals surface area contributed by atoms with Crippen molar-refractivity contribution in [2.45, 2.75) is 32.6 Å². The predicted molar refractivity (Wildman–Crippen MR) is 111 cm³/mol. The Morgan fingerprint density at radius 2 is 1.56 bits per heavy atom. The van der Waals surface area contributed by atoms with E-state index in [2.05, 4.69) is 5.32 Å². The number of hydrogen-bond acceptors (Lipinski definition) is 9. The fourth-order valence-electron chi connectivity index (χ4n) is 3.90. The van der Waals surface area contributed by atoms with Crippen LogP contribution in [-0.4, -0.2) is 43.6 Å². The number of fused-ring (bicyclic) bond motifs is 2. The Kier molecular flexibility index (Phi) is 6.52. The quantitative estimate of drug-likeness (QED) is 0.471.